The molecule has 4 rings (SSSR count). The van der Waals surface area contributed by atoms with Crippen LogP contribution in [0.1, 0.15) is 41.5 Å². The van der Waals surface area contributed by atoms with Crippen LogP contribution in [0.15, 0.2) is 24.3 Å². The minimum Gasteiger partial charge on any atom is -0.459 e. The molecule has 0 unspecified atom stereocenters. The molecule has 1 N–H and O–H groups in total. The smallest absolute Gasteiger partial charge is 0.312 e. The normalized spacial score (nSPS) is 47.4. The van der Waals surface area contributed by atoms with Gasteiger partial charge in [0.2, 0.25) is 0 Å². The largest absolute Gasteiger partial charge is 0.459 e. The molecule has 11 heteroatoms. The number of fused-ring (bicyclic) bond motifs is 4. The van der Waals surface area contributed by atoms with E-state index >= 15 is 0 Å². The highest BCUT2D eigenvalue weighted by Crippen LogP contribution is 2.61. The number of carbonyl (C=O) groups is 4. The molecule has 0 amide bonds. The first-order chi connectivity index (χ1) is 17.1. The van der Waals surface area contributed by atoms with E-state index in [0.29, 0.717) is 5.57 Å². The molecule has 0 aromatic heterocycles. The summed E-state index contributed by atoms with van der Waals surface area (Å²) < 4.78 is 28.9. The number of hydrogen-bond donors (Lipinski definition) is 1. The van der Waals surface area contributed by atoms with Gasteiger partial charge in [0, 0.05) is 38.0 Å². The molecule has 0 bridgehead atoms. The Kier molecular flexibility index (Phi) is 7.01. The summed E-state index contributed by atoms with van der Waals surface area (Å²) in [6.07, 6.45) is -2.31. The maximum absolute atomic E-state index is 12.8. The van der Waals surface area contributed by atoms with Crippen LogP contribution in [-0.2, 0) is 42.9 Å². The van der Waals surface area contributed by atoms with Gasteiger partial charge in [-0.25, -0.2) is 0 Å². The van der Waals surface area contributed by atoms with Crippen LogP contribution in [0.3, 0.4) is 0 Å². The standard InChI is InChI=1S/C26H33ClO10/c1-10-8-9-16(33-13(4)28)25(7)17(11(2)19(34-14(5)29)20-23(25)36-20)21(35-15(6)30)26(32)12(3)24(31)37-22(26)18(10)27/h8-9,11-12,16-23,32H,1H2,2-7H3/b9-8-/t11-,12+,16+,17-,18-,19-,20+,21-,22+,23+,25-,26-/m1/s1. The number of alkyl halides is 1. The van der Waals surface area contributed by atoms with Crippen molar-refractivity contribution in [1.82, 2.24) is 0 Å². The van der Waals surface area contributed by atoms with Crippen molar-refractivity contribution in [2.45, 2.75) is 89.1 Å². The van der Waals surface area contributed by atoms with Crippen molar-refractivity contribution in [2.75, 3.05) is 0 Å². The Morgan fingerprint density at radius 1 is 1.05 bits per heavy atom. The Bertz CT molecular complexity index is 1060. The monoisotopic (exact) mass is 540 g/mol. The lowest BCUT2D eigenvalue weighted by molar-refractivity contribution is -0.222. The van der Waals surface area contributed by atoms with E-state index in [9.17, 15) is 24.3 Å². The molecule has 12 atom stereocenters. The molecule has 2 saturated heterocycles. The number of ether oxygens (including phenoxy) is 5. The zero-order chi connectivity index (χ0) is 27.6. The lowest BCUT2D eigenvalue weighted by Gasteiger charge is -2.54. The van der Waals surface area contributed by atoms with Crippen molar-refractivity contribution in [1.29, 1.82) is 0 Å². The van der Waals surface area contributed by atoms with Gasteiger partial charge in [-0.05, 0) is 18.6 Å². The van der Waals surface area contributed by atoms with Crippen molar-refractivity contribution in [2.24, 2.45) is 23.2 Å². The van der Waals surface area contributed by atoms with Gasteiger partial charge in [-0.15, -0.1) is 11.6 Å². The Labute approximate surface area is 220 Å². The molecule has 2 heterocycles. The van der Waals surface area contributed by atoms with Crippen LogP contribution in [0.2, 0.25) is 0 Å². The summed E-state index contributed by atoms with van der Waals surface area (Å²) in [5.41, 5.74) is -2.91. The van der Waals surface area contributed by atoms with Crippen LogP contribution in [0.25, 0.3) is 0 Å². The minimum atomic E-state index is -2.10. The third-order valence-electron chi connectivity index (χ3n) is 8.40. The van der Waals surface area contributed by atoms with Gasteiger partial charge in [-0.1, -0.05) is 26.5 Å². The molecule has 37 heavy (non-hydrogen) atoms. The summed E-state index contributed by atoms with van der Waals surface area (Å²) in [5, 5.41) is 11.3. The van der Waals surface area contributed by atoms with Crippen molar-refractivity contribution >= 4 is 35.5 Å². The zero-order valence-electron chi connectivity index (χ0n) is 21.6. The fourth-order valence-electron chi connectivity index (χ4n) is 6.60. The van der Waals surface area contributed by atoms with E-state index in [2.05, 4.69) is 6.58 Å². The first-order valence-corrected chi connectivity index (χ1v) is 12.7. The number of aliphatic hydroxyl groups is 1. The Morgan fingerprint density at radius 3 is 2.22 bits per heavy atom. The average Bonchev–Trinajstić information content (AvgIpc) is 3.57. The number of hydrogen-bond acceptors (Lipinski definition) is 10. The Hall–Kier alpha value is -2.43. The van der Waals surface area contributed by atoms with Gasteiger partial charge < -0.3 is 28.8 Å². The van der Waals surface area contributed by atoms with E-state index in [1.54, 1.807) is 26.0 Å². The zero-order valence-corrected chi connectivity index (χ0v) is 22.4. The van der Waals surface area contributed by atoms with E-state index in [0.717, 1.165) is 0 Å². The summed E-state index contributed by atoms with van der Waals surface area (Å²) in [7, 11) is 0. The molecule has 2 aliphatic heterocycles. The predicted octanol–water partition coefficient (Wildman–Crippen LogP) is 1.85. The van der Waals surface area contributed by atoms with Crippen LogP contribution in [-0.4, -0.2) is 76.6 Å². The molecule has 0 aromatic carbocycles. The molecule has 1 saturated carbocycles. The van der Waals surface area contributed by atoms with E-state index in [-0.39, 0.29) is 0 Å². The number of halogens is 1. The summed E-state index contributed by atoms with van der Waals surface area (Å²) in [6, 6.07) is 0. The van der Waals surface area contributed by atoms with Gasteiger partial charge in [0.15, 0.2) is 11.7 Å². The summed E-state index contributed by atoms with van der Waals surface area (Å²) >= 11 is 6.70. The Morgan fingerprint density at radius 2 is 1.65 bits per heavy atom. The third-order valence-corrected chi connectivity index (χ3v) is 8.91. The lowest BCUT2D eigenvalue weighted by atomic mass is 9.54. The molecule has 204 valence electrons. The van der Waals surface area contributed by atoms with Gasteiger partial charge >= 0.3 is 23.9 Å². The predicted molar refractivity (Wildman–Crippen MR) is 128 cm³/mol. The minimum absolute atomic E-state index is 0.294. The third kappa shape index (κ3) is 4.27. The molecule has 4 aliphatic rings. The van der Waals surface area contributed by atoms with Gasteiger partial charge in [0.05, 0.1) is 17.4 Å². The fourth-order valence-corrected chi connectivity index (χ4v) is 6.92. The number of carbonyl (C=O) groups excluding carboxylic acids is 4. The first kappa shape index (κ1) is 27.6. The number of allylic oxidation sites excluding steroid dienone is 1. The lowest BCUT2D eigenvalue weighted by Crippen LogP contribution is -2.68. The van der Waals surface area contributed by atoms with Crippen LogP contribution < -0.4 is 0 Å². The fraction of sp³-hybridized carbons (Fsp3) is 0.692. The van der Waals surface area contributed by atoms with Crippen molar-refractivity contribution < 1.29 is 48.0 Å². The van der Waals surface area contributed by atoms with Crippen molar-refractivity contribution in [3.05, 3.63) is 24.3 Å². The highest BCUT2D eigenvalue weighted by Gasteiger charge is 2.75. The summed E-state index contributed by atoms with van der Waals surface area (Å²) in [6.45, 7) is 12.8. The highest BCUT2D eigenvalue weighted by molar-refractivity contribution is 6.23. The second kappa shape index (κ2) is 9.39. The topological polar surface area (TPSA) is 138 Å². The van der Waals surface area contributed by atoms with Crippen LogP contribution in [0, 0.1) is 23.2 Å². The SMILES string of the molecule is C=C1/C=C\[C@H](OC(C)=O)[C@]2(C)[C@H]([C@@H](C)[C@@H](OC(C)=O)[C@@H]3O[C@@H]32)[C@@H](OC(C)=O)[C@]2(O)[C@@H](C)C(=O)O[C@H]2[C@@H]1Cl. The summed E-state index contributed by atoms with van der Waals surface area (Å²) in [5.74, 6) is -5.12. The van der Waals surface area contributed by atoms with E-state index < -0.39 is 94.6 Å². The average molecular weight is 541 g/mol. The van der Waals surface area contributed by atoms with E-state index in [1.807, 2.05) is 0 Å². The van der Waals surface area contributed by atoms with Crippen LogP contribution in [0.4, 0.5) is 0 Å². The quantitative estimate of drug-likeness (QED) is 0.244. The number of esters is 4. The van der Waals surface area contributed by atoms with E-state index in [4.69, 9.17) is 35.3 Å². The van der Waals surface area contributed by atoms with Crippen LogP contribution >= 0.6 is 11.6 Å². The van der Waals surface area contributed by atoms with Crippen molar-refractivity contribution in [3.63, 3.8) is 0 Å². The Balaban J connectivity index is 2.00. The van der Waals surface area contributed by atoms with Crippen molar-refractivity contribution in [3.8, 4) is 0 Å². The highest BCUT2D eigenvalue weighted by atomic mass is 35.5. The van der Waals surface area contributed by atoms with Crippen LogP contribution in [0.5, 0.6) is 0 Å². The van der Waals surface area contributed by atoms with Gasteiger partial charge in [0.1, 0.15) is 24.4 Å². The second-order valence-corrected chi connectivity index (χ2v) is 11.2. The molecule has 2 aliphatic carbocycles. The maximum Gasteiger partial charge on any atom is 0.312 e. The van der Waals surface area contributed by atoms with Gasteiger partial charge in [-0.3, -0.25) is 19.2 Å². The molecular weight excluding hydrogens is 508 g/mol. The molecule has 10 nitrogen and oxygen atoms in total. The second-order valence-electron chi connectivity index (χ2n) is 10.7. The van der Waals surface area contributed by atoms with Gasteiger partial charge in [0.25, 0.3) is 0 Å². The molecule has 0 spiro atoms. The number of rotatable bonds is 3. The first-order valence-electron chi connectivity index (χ1n) is 12.3. The number of epoxide rings is 1. The molecule has 0 radical (unpaired) electrons. The summed E-state index contributed by atoms with van der Waals surface area (Å²) in [4.78, 5) is 49.6. The molecule has 0 aromatic rings. The molecule has 3 fully saturated rings. The maximum atomic E-state index is 12.8. The molecular formula is C26H33ClO10. The van der Waals surface area contributed by atoms with Gasteiger partial charge in [-0.2, -0.15) is 0 Å². The van der Waals surface area contributed by atoms with E-state index in [1.165, 1.54) is 27.7 Å².